The minimum Gasteiger partial charge on any atom is -0.322 e. The van der Waals surface area contributed by atoms with Gasteiger partial charge in [-0.05, 0) is 63.4 Å². The van der Waals surface area contributed by atoms with Crippen LogP contribution in [0.1, 0.15) is 38.2 Å². The van der Waals surface area contributed by atoms with E-state index in [-0.39, 0.29) is 5.91 Å². The summed E-state index contributed by atoms with van der Waals surface area (Å²) in [5.41, 5.74) is 9.56. The highest BCUT2D eigenvalue weighted by Crippen LogP contribution is 2.32. The number of aromatic nitrogens is 1. The van der Waals surface area contributed by atoms with Gasteiger partial charge in [-0.3, -0.25) is 4.79 Å². The zero-order chi connectivity index (χ0) is 21.4. The third kappa shape index (κ3) is 3.59. The highest BCUT2D eigenvalue weighted by Gasteiger charge is 2.20. The number of nitrogens with zero attached hydrogens (tertiary/aromatic N) is 1. The molecule has 150 valence electrons. The molecule has 1 aromatic heterocycles. The van der Waals surface area contributed by atoms with Gasteiger partial charge in [0, 0.05) is 16.6 Å². The normalized spacial score (nSPS) is 11.0. The number of hydrogen-bond donors (Lipinski definition) is 1. The van der Waals surface area contributed by atoms with E-state index >= 15 is 0 Å². The smallest absolute Gasteiger partial charge is 0.256 e. The van der Waals surface area contributed by atoms with Crippen molar-refractivity contribution in [3.05, 3.63) is 94.0 Å². The van der Waals surface area contributed by atoms with Gasteiger partial charge < -0.3 is 5.32 Å². The lowest BCUT2D eigenvalue weighted by Crippen LogP contribution is -2.16. The summed E-state index contributed by atoms with van der Waals surface area (Å²) >= 11 is 0. The van der Waals surface area contributed by atoms with Crippen molar-refractivity contribution in [2.75, 3.05) is 5.32 Å². The molecule has 3 aromatic carbocycles. The van der Waals surface area contributed by atoms with Gasteiger partial charge in [0.05, 0.1) is 16.8 Å². The summed E-state index contributed by atoms with van der Waals surface area (Å²) in [5, 5.41) is 4.03. The van der Waals surface area contributed by atoms with Gasteiger partial charge in [0.2, 0.25) is 0 Å². The van der Waals surface area contributed by atoms with Crippen LogP contribution >= 0.6 is 0 Å². The average Bonchev–Trinajstić information content (AvgIpc) is 2.70. The van der Waals surface area contributed by atoms with Crippen molar-refractivity contribution in [1.29, 1.82) is 0 Å². The van der Waals surface area contributed by atoms with Crippen molar-refractivity contribution in [2.45, 2.75) is 34.6 Å². The molecule has 1 amide bonds. The summed E-state index contributed by atoms with van der Waals surface area (Å²) in [5.74, 6) is -0.103. The SMILES string of the molecule is Cc1ccc(NC(=O)c2c(C)c(-c3ccccc3)nc3c(C)cc(C)cc23)c(C)c1. The molecule has 0 saturated carbocycles. The zero-order valence-corrected chi connectivity index (χ0v) is 18.1. The number of nitrogens with one attached hydrogen (secondary N) is 1. The Bertz CT molecular complexity index is 1270. The summed E-state index contributed by atoms with van der Waals surface area (Å²) in [6.07, 6.45) is 0. The Morgan fingerprint density at radius 1 is 0.800 bits per heavy atom. The molecule has 30 heavy (non-hydrogen) atoms. The van der Waals surface area contributed by atoms with Crippen LogP contribution in [-0.4, -0.2) is 10.9 Å². The van der Waals surface area contributed by atoms with Crippen LogP contribution in [0.4, 0.5) is 5.69 Å². The number of pyridine rings is 1. The molecule has 0 spiro atoms. The van der Waals surface area contributed by atoms with E-state index in [9.17, 15) is 4.79 Å². The van der Waals surface area contributed by atoms with Crippen LogP contribution in [0.15, 0.2) is 60.7 Å². The van der Waals surface area contributed by atoms with E-state index in [1.54, 1.807) is 0 Å². The third-order valence-corrected chi connectivity index (χ3v) is 5.57. The van der Waals surface area contributed by atoms with Crippen molar-refractivity contribution in [2.24, 2.45) is 0 Å². The first-order valence-corrected chi connectivity index (χ1v) is 10.2. The molecule has 3 heteroatoms. The maximum atomic E-state index is 13.6. The van der Waals surface area contributed by atoms with Crippen LogP contribution < -0.4 is 5.32 Å². The molecule has 0 fully saturated rings. The van der Waals surface area contributed by atoms with Crippen LogP contribution in [0, 0.1) is 34.6 Å². The summed E-state index contributed by atoms with van der Waals surface area (Å²) in [6.45, 7) is 10.2. The van der Waals surface area contributed by atoms with E-state index in [2.05, 4.69) is 44.3 Å². The molecule has 0 aliphatic rings. The molecule has 4 aromatic rings. The first-order valence-electron chi connectivity index (χ1n) is 10.2. The van der Waals surface area contributed by atoms with Gasteiger partial charge in [0.1, 0.15) is 0 Å². The highest BCUT2D eigenvalue weighted by molar-refractivity contribution is 6.15. The fraction of sp³-hybridized carbons (Fsp3) is 0.185. The van der Waals surface area contributed by atoms with Crippen LogP contribution in [0.25, 0.3) is 22.2 Å². The Balaban J connectivity index is 1.94. The predicted octanol–water partition coefficient (Wildman–Crippen LogP) is 6.70. The Kier molecular flexibility index (Phi) is 5.13. The molecule has 0 radical (unpaired) electrons. The first-order chi connectivity index (χ1) is 14.3. The molecule has 4 rings (SSSR count). The molecule has 1 heterocycles. The second-order valence-corrected chi connectivity index (χ2v) is 8.08. The second kappa shape index (κ2) is 7.75. The Morgan fingerprint density at radius 3 is 2.20 bits per heavy atom. The van der Waals surface area contributed by atoms with Crippen molar-refractivity contribution in [3.8, 4) is 11.3 Å². The monoisotopic (exact) mass is 394 g/mol. The van der Waals surface area contributed by atoms with Crippen LogP contribution in [0.3, 0.4) is 0 Å². The topological polar surface area (TPSA) is 42.0 Å². The number of aryl methyl sites for hydroxylation is 4. The van der Waals surface area contributed by atoms with Crippen molar-refractivity contribution < 1.29 is 4.79 Å². The lowest BCUT2D eigenvalue weighted by molar-refractivity contribution is 0.102. The fourth-order valence-corrected chi connectivity index (χ4v) is 4.12. The molecule has 0 unspecified atom stereocenters. The molecule has 0 bridgehead atoms. The number of hydrogen-bond acceptors (Lipinski definition) is 2. The molecule has 0 saturated heterocycles. The highest BCUT2D eigenvalue weighted by atomic mass is 16.1. The molecule has 0 atom stereocenters. The van der Waals surface area contributed by atoms with Crippen LogP contribution in [0.5, 0.6) is 0 Å². The largest absolute Gasteiger partial charge is 0.322 e. The van der Waals surface area contributed by atoms with Gasteiger partial charge in [0.15, 0.2) is 0 Å². The Morgan fingerprint density at radius 2 is 1.50 bits per heavy atom. The van der Waals surface area contributed by atoms with Gasteiger partial charge >= 0.3 is 0 Å². The van der Waals surface area contributed by atoms with Gasteiger partial charge in [-0.1, -0.05) is 59.7 Å². The molecule has 1 N–H and O–H groups in total. The Hall–Kier alpha value is -3.46. The van der Waals surface area contributed by atoms with Gasteiger partial charge in [-0.2, -0.15) is 0 Å². The summed E-state index contributed by atoms with van der Waals surface area (Å²) in [7, 11) is 0. The van der Waals surface area contributed by atoms with Crippen molar-refractivity contribution in [3.63, 3.8) is 0 Å². The van der Waals surface area contributed by atoms with E-state index in [4.69, 9.17) is 4.98 Å². The number of fused-ring (bicyclic) bond motifs is 1. The van der Waals surface area contributed by atoms with Crippen LogP contribution in [0.2, 0.25) is 0 Å². The van der Waals surface area contributed by atoms with E-state index in [0.717, 1.165) is 50.1 Å². The van der Waals surface area contributed by atoms with E-state index < -0.39 is 0 Å². The zero-order valence-electron chi connectivity index (χ0n) is 18.1. The Labute approximate surface area is 177 Å². The number of carbonyl (C=O) groups excluding carboxylic acids is 1. The minimum absolute atomic E-state index is 0.103. The number of benzene rings is 3. The standard InChI is InChI=1S/C27H26N2O/c1-16-11-12-23(18(3)13-16)28-27(30)24-20(5)26(21-9-7-6-8-10-21)29-25-19(4)14-17(2)15-22(24)25/h6-15H,1-5H3,(H,28,30). The lowest BCUT2D eigenvalue weighted by Gasteiger charge is -2.17. The van der Waals surface area contributed by atoms with Gasteiger partial charge in [-0.15, -0.1) is 0 Å². The lowest BCUT2D eigenvalue weighted by atomic mass is 9.94. The van der Waals surface area contributed by atoms with E-state index in [1.807, 2.05) is 56.3 Å². The maximum Gasteiger partial charge on any atom is 0.256 e. The van der Waals surface area contributed by atoms with Crippen LogP contribution in [-0.2, 0) is 0 Å². The van der Waals surface area contributed by atoms with Crippen molar-refractivity contribution >= 4 is 22.5 Å². The van der Waals surface area contributed by atoms with Gasteiger partial charge in [0.25, 0.3) is 5.91 Å². The molecule has 0 aliphatic heterocycles. The first kappa shape index (κ1) is 19.8. The molecular formula is C27H26N2O. The third-order valence-electron chi connectivity index (χ3n) is 5.57. The second-order valence-electron chi connectivity index (χ2n) is 8.08. The quantitative estimate of drug-likeness (QED) is 0.420. The van der Waals surface area contributed by atoms with E-state index in [1.165, 1.54) is 5.56 Å². The molecule has 0 aliphatic carbocycles. The predicted molar refractivity (Wildman–Crippen MR) is 125 cm³/mol. The number of anilines is 1. The average molecular weight is 395 g/mol. The molecular weight excluding hydrogens is 368 g/mol. The van der Waals surface area contributed by atoms with Crippen molar-refractivity contribution in [1.82, 2.24) is 4.98 Å². The number of rotatable bonds is 3. The summed E-state index contributed by atoms with van der Waals surface area (Å²) < 4.78 is 0. The van der Waals surface area contributed by atoms with Gasteiger partial charge in [-0.25, -0.2) is 4.98 Å². The molecule has 3 nitrogen and oxygen atoms in total. The maximum absolute atomic E-state index is 13.6. The number of amides is 1. The fourth-order valence-electron chi connectivity index (χ4n) is 4.12. The minimum atomic E-state index is -0.103. The summed E-state index contributed by atoms with van der Waals surface area (Å²) in [6, 6.07) is 20.3. The van der Waals surface area contributed by atoms with E-state index in [0.29, 0.717) is 5.56 Å². The number of carbonyl (C=O) groups is 1. The summed E-state index contributed by atoms with van der Waals surface area (Å²) in [4.78, 5) is 18.5.